The molecule has 2 rings (SSSR count). The van der Waals surface area contributed by atoms with Crippen molar-refractivity contribution in [3.63, 3.8) is 0 Å². The van der Waals surface area contributed by atoms with Crippen molar-refractivity contribution in [2.24, 2.45) is 0 Å². The van der Waals surface area contributed by atoms with Gasteiger partial charge in [0.15, 0.2) is 0 Å². The van der Waals surface area contributed by atoms with Crippen molar-refractivity contribution in [3.05, 3.63) is 11.4 Å². The van der Waals surface area contributed by atoms with Crippen molar-refractivity contribution in [1.29, 1.82) is 0 Å². The molecule has 4 nitrogen and oxygen atoms in total. The molecule has 2 aliphatic heterocycles. The summed E-state index contributed by atoms with van der Waals surface area (Å²) in [6.45, 7) is 16.3. The Labute approximate surface area is 146 Å². The molecule has 0 aliphatic carbocycles. The molecule has 0 aromatic rings. The van der Waals surface area contributed by atoms with E-state index in [0.29, 0.717) is 12.3 Å². The zero-order valence-corrected chi connectivity index (χ0v) is 16.4. The van der Waals surface area contributed by atoms with Crippen LogP contribution in [0.2, 0.25) is 0 Å². The number of hydrogen-bond donors (Lipinski definition) is 0. The highest BCUT2D eigenvalue weighted by Gasteiger charge is 2.54. The summed E-state index contributed by atoms with van der Waals surface area (Å²) in [6, 6.07) is 0. The molecule has 7 heteroatoms. The quantitative estimate of drug-likeness (QED) is 0.575. The van der Waals surface area contributed by atoms with Gasteiger partial charge in [-0.1, -0.05) is 5.98 Å². The molecule has 0 spiro atoms. The molecule has 0 N–H and O–H groups in total. The fourth-order valence-electron chi connectivity index (χ4n) is 2.51. The van der Waals surface area contributed by atoms with E-state index < -0.39 is 14.2 Å². The van der Waals surface area contributed by atoms with Gasteiger partial charge in [-0.3, -0.25) is 0 Å². The first kappa shape index (κ1) is 19.3. The third-order valence-electron chi connectivity index (χ3n) is 5.56. The van der Waals surface area contributed by atoms with Gasteiger partial charge in [-0.05, 0) is 67.3 Å². The minimum atomic E-state index is -0.419. The van der Waals surface area contributed by atoms with Crippen LogP contribution in [-0.2, 0) is 18.6 Å². The maximum atomic E-state index is 6.13. The second kappa shape index (κ2) is 6.06. The third-order valence-corrected chi connectivity index (χ3v) is 5.75. The maximum absolute atomic E-state index is 6.13. The molecular formula is C16H29B2ClO4. The summed E-state index contributed by atoms with van der Waals surface area (Å²) in [7, 11) is -0.838. The number of alkyl halides is 1. The summed E-state index contributed by atoms with van der Waals surface area (Å²) in [5.41, 5.74) is -0.512. The number of allylic oxidation sites excluding steroid dienone is 1. The first-order valence-corrected chi connectivity index (χ1v) is 8.83. The van der Waals surface area contributed by atoms with Gasteiger partial charge in [-0.25, -0.2) is 0 Å². The highest BCUT2D eigenvalue weighted by atomic mass is 35.5. The Hall–Kier alpha value is -0.000130. The fraction of sp³-hybridized carbons (Fsp3) is 0.875. The molecule has 0 aromatic carbocycles. The van der Waals surface area contributed by atoms with E-state index in [1.165, 1.54) is 0 Å². The molecule has 0 radical (unpaired) electrons. The minimum Gasteiger partial charge on any atom is -0.400 e. The van der Waals surface area contributed by atoms with Crippen LogP contribution in [0, 0.1) is 0 Å². The van der Waals surface area contributed by atoms with E-state index in [-0.39, 0.29) is 22.4 Å². The van der Waals surface area contributed by atoms with Crippen molar-refractivity contribution in [3.8, 4) is 0 Å². The molecule has 0 bridgehead atoms. The summed E-state index contributed by atoms with van der Waals surface area (Å²) in [6.07, 6.45) is 0.669. The topological polar surface area (TPSA) is 36.9 Å². The standard InChI is InChI=1S/C16H29B2ClO4/c1-13(2)14(3,4)21-17(20-13)11-12(9-10-19)18-22-15(5,6)16(7,8)23-18/h11H,9-10H2,1-8H3/b12-11+. The molecule has 2 saturated heterocycles. The molecule has 0 atom stereocenters. The van der Waals surface area contributed by atoms with Crippen molar-refractivity contribution >= 4 is 25.8 Å². The summed E-state index contributed by atoms with van der Waals surface area (Å²) in [5.74, 6) is 2.45. The van der Waals surface area contributed by atoms with E-state index in [1.807, 2.05) is 61.4 Å². The smallest absolute Gasteiger partial charge is 0.400 e. The Morgan fingerprint density at radius 3 is 1.57 bits per heavy atom. The highest BCUT2D eigenvalue weighted by Crippen LogP contribution is 2.41. The molecular weight excluding hydrogens is 313 g/mol. The molecule has 0 amide bonds. The number of halogens is 1. The molecule has 2 aliphatic rings. The van der Waals surface area contributed by atoms with Gasteiger partial charge in [0, 0.05) is 5.88 Å². The lowest BCUT2D eigenvalue weighted by atomic mass is 9.70. The lowest BCUT2D eigenvalue weighted by Gasteiger charge is -2.32. The van der Waals surface area contributed by atoms with Crippen LogP contribution in [0.15, 0.2) is 11.4 Å². The van der Waals surface area contributed by atoms with Crippen LogP contribution in [0.4, 0.5) is 0 Å². The van der Waals surface area contributed by atoms with Crippen molar-refractivity contribution < 1.29 is 18.6 Å². The van der Waals surface area contributed by atoms with Gasteiger partial charge >= 0.3 is 14.2 Å². The fourth-order valence-corrected chi connectivity index (χ4v) is 2.73. The van der Waals surface area contributed by atoms with Crippen LogP contribution in [0.1, 0.15) is 61.8 Å². The van der Waals surface area contributed by atoms with Crippen molar-refractivity contribution in [2.45, 2.75) is 84.2 Å². The van der Waals surface area contributed by atoms with Gasteiger partial charge in [0.2, 0.25) is 0 Å². The van der Waals surface area contributed by atoms with Gasteiger partial charge in [0.25, 0.3) is 0 Å². The van der Waals surface area contributed by atoms with Crippen LogP contribution in [0.3, 0.4) is 0 Å². The summed E-state index contributed by atoms with van der Waals surface area (Å²) in [4.78, 5) is 0. The van der Waals surface area contributed by atoms with E-state index in [2.05, 4.69) is 0 Å². The van der Waals surface area contributed by atoms with Gasteiger partial charge in [0.05, 0.1) is 22.4 Å². The van der Waals surface area contributed by atoms with Crippen LogP contribution in [-0.4, -0.2) is 42.5 Å². The van der Waals surface area contributed by atoms with Gasteiger partial charge < -0.3 is 18.6 Å². The van der Waals surface area contributed by atoms with Crippen molar-refractivity contribution in [1.82, 2.24) is 0 Å². The molecule has 0 saturated carbocycles. The monoisotopic (exact) mass is 342 g/mol. The summed E-state index contributed by atoms with van der Waals surface area (Å²) in [5, 5.41) is 0. The SMILES string of the molecule is CC1(C)OB(/C=C(\CCCl)B2OC(C)(C)C(C)(C)O2)OC1(C)C. The molecule has 130 valence electrons. The van der Waals surface area contributed by atoms with E-state index in [1.54, 1.807) is 0 Å². The minimum absolute atomic E-state index is 0.365. The molecule has 2 fully saturated rings. The third kappa shape index (κ3) is 3.67. The molecule has 23 heavy (non-hydrogen) atoms. The second-order valence-corrected chi connectivity index (χ2v) is 8.77. The van der Waals surface area contributed by atoms with Gasteiger partial charge in [-0.2, -0.15) is 0 Å². The van der Waals surface area contributed by atoms with Gasteiger partial charge in [0.1, 0.15) is 0 Å². The average Bonchev–Trinajstić information content (AvgIpc) is 2.68. The summed E-state index contributed by atoms with van der Waals surface area (Å²) >= 11 is 5.98. The Morgan fingerprint density at radius 1 is 0.783 bits per heavy atom. The molecule has 0 aromatic heterocycles. The zero-order chi connectivity index (χ0) is 17.7. The molecule has 0 unspecified atom stereocenters. The summed E-state index contributed by atoms with van der Waals surface area (Å²) < 4.78 is 24.4. The maximum Gasteiger partial charge on any atom is 0.489 e. The van der Waals surface area contributed by atoms with Gasteiger partial charge in [-0.15, -0.1) is 11.6 Å². The predicted octanol–water partition coefficient (Wildman–Crippen LogP) is 3.80. The van der Waals surface area contributed by atoms with E-state index in [9.17, 15) is 0 Å². The van der Waals surface area contributed by atoms with Crippen LogP contribution in [0.5, 0.6) is 0 Å². The normalized spacial score (nSPS) is 28.5. The first-order valence-electron chi connectivity index (χ1n) is 8.29. The largest absolute Gasteiger partial charge is 0.489 e. The van der Waals surface area contributed by atoms with Crippen molar-refractivity contribution in [2.75, 3.05) is 5.88 Å². The van der Waals surface area contributed by atoms with Crippen LogP contribution in [0.25, 0.3) is 0 Å². The predicted molar refractivity (Wildman–Crippen MR) is 95.6 cm³/mol. The van der Waals surface area contributed by atoms with Crippen LogP contribution >= 0.6 is 11.6 Å². The number of rotatable bonds is 4. The van der Waals surface area contributed by atoms with E-state index in [4.69, 9.17) is 30.2 Å². The Morgan fingerprint density at radius 2 is 1.17 bits per heavy atom. The zero-order valence-electron chi connectivity index (χ0n) is 15.7. The Balaban J connectivity index is 2.21. The Bertz CT molecular complexity index is 456. The highest BCUT2D eigenvalue weighted by molar-refractivity contribution is 6.60. The average molecular weight is 342 g/mol. The lowest BCUT2D eigenvalue weighted by Crippen LogP contribution is -2.41. The lowest BCUT2D eigenvalue weighted by molar-refractivity contribution is 0.00578. The first-order chi connectivity index (χ1) is 10.3. The second-order valence-electron chi connectivity index (χ2n) is 8.39. The molecule has 2 heterocycles. The number of hydrogen-bond acceptors (Lipinski definition) is 4. The van der Waals surface area contributed by atoms with Crippen LogP contribution < -0.4 is 0 Å². The van der Waals surface area contributed by atoms with E-state index in [0.717, 1.165) is 5.47 Å². The Kier molecular flexibility index (Phi) is 5.10. The van der Waals surface area contributed by atoms with E-state index >= 15 is 0 Å².